The van der Waals surface area contributed by atoms with Gasteiger partial charge in [0.15, 0.2) is 0 Å². The number of rotatable bonds is 4. The van der Waals surface area contributed by atoms with Crippen molar-refractivity contribution in [1.82, 2.24) is 4.31 Å². The molecule has 20 heavy (non-hydrogen) atoms. The largest absolute Gasteiger partial charge is 0.396 e. The predicted octanol–water partition coefficient (Wildman–Crippen LogP) is 2.35. The molecule has 112 valence electrons. The third-order valence-corrected chi connectivity index (χ3v) is 5.29. The summed E-state index contributed by atoms with van der Waals surface area (Å²) < 4.78 is 28.4. The zero-order chi connectivity index (χ0) is 14.8. The Kier molecular flexibility index (Phi) is 5.14. The quantitative estimate of drug-likeness (QED) is 0.885. The maximum absolute atomic E-state index is 12.3. The molecule has 0 bridgehead atoms. The number of aliphatic hydroxyl groups excluding tert-OH is 1. The van der Waals surface area contributed by atoms with Gasteiger partial charge in [-0.05, 0) is 37.0 Å². The van der Waals surface area contributed by atoms with Crippen LogP contribution in [0.15, 0.2) is 18.2 Å². The molecule has 2 N–H and O–H groups in total. The summed E-state index contributed by atoms with van der Waals surface area (Å²) in [6, 6.07) is 4.57. The van der Waals surface area contributed by atoms with Crippen molar-refractivity contribution in [1.29, 1.82) is 0 Å². The van der Waals surface area contributed by atoms with E-state index in [0.717, 1.165) is 12.8 Å². The lowest BCUT2D eigenvalue weighted by Crippen LogP contribution is -2.43. The molecule has 0 radical (unpaired) electrons. The smallest absolute Gasteiger partial charge is 0.301 e. The van der Waals surface area contributed by atoms with Gasteiger partial charge in [-0.3, -0.25) is 4.72 Å². The van der Waals surface area contributed by atoms with E-state index in [1.165, 1.54) is 16.4 Å². The Morgan fingerprint density at radius 1 is 1.40 bits per heavy atom. The fourth-order valence-electron chi connectivity index (χ4n) is 2.17. The van der Waals surface area contributed by atoms with E-state index in [2.05, 4.69) is 4.72 Å². The van der Waals surface area contributed by atoms with Gasteiger partial charge in [0.2, 0.25) is 0 Å². The molecule has 2 rings (SSSR count). The van der Waals surface area contributed by atoms with Gasteiger partial charge in [-0.25, -0.2) is 0 Å². The van der Waals surface area contributed by atoms with Crippen molar-refractivity contribution in [2.24, 2.45) is 5.92 Å². The molecule has 1 heterocycles. The van der Waals surface area contributed by atoms with Crippen LogP contribution in [0.1, 0.15) is 12.8 Å². The molecule has 1 unspecified atom stereocenters. The first kappa shape index (κ1) is 15.9. The highest BCUT2D eigenvalue weighted by molar-refractivity contribution is 7.90. The van der Waals surface area contributed by atoms with E-state index in [1.54, 1.807) is 6.07 Å². The molecular weight excluding hydrogens is 323 g/mol. The second-order valence-electron chi connectivity index (χ2n) is 4.78. The number of piperidine rings is 1. The van der Waals surface area contributed by atoms with E-state index in [4.69, 9.17) is 28.3 Å². The van der Waals surface area contributed by atoms with Crippen molar-refractivity contribution in [2.45, 2.75) is 12.8 Å². The fourth-order valence-corrected chi connectivity index (χ4v) is 4.04. The number of nitrogens with one attached hydrogen (secondary N) is 1. The van der Waals surface area contributed by atoms with Gasteiger partial charge in [0.1, 0.15) is 0 Å². The molecule has 1 atom stereocenters. The maximum Gasteiger partial charge on any atom is 0.301 e. The van der Waals surface area contributed by atoms with Crippen LogP contribution >= 0.6 is 23.2 Å². The third-order valence-electron chi connectivity index (χ3n) is 3.25. The monoisotopic (exact) mass is 338 g/mol. The average Bonchev–Trinajstić information content (AvgIpc) is 2.42. The summed E-state index contributed by atoms with van der Waals surface area (Å²) in [4.78, 5) is 0. The lowest BCUT2D eigenvalue weighted by Gasteiger charge is -2.31. The van der Waals surface area contributed by atoms with Crippen LogP contribution in [0.2, 0.25) is 10.0 Å². The van der Waals surface area contributed by atoms with E-state index in [9.17, 15) is 8.42 Å². The number of halogens is 2. The van der Waals surface area contributed by atoms with Crippen LogP contribution in [-0.2, 0) is 10.2 Å². The number of nitrogens with zero attached hydrogens (tertiary/aromatic N) is 1. The third kappa shape index (κ3) is 3.77. The summed E-state index contributed by atoms with van der Waals surface area (Å²) in [6.45, 7) is 0.752. The highest BCUT2D eigenvalue weighted by Gasteiger charge is 2.28. The molecule has 8 heteroatoms. The van der Waals surface area contributed by atoms with Gasteiger partial charge in [0.25, 0.3) is 0 Å². The number of hydrogen-bond acceptors (Lipinski definition) is 3. The van der Waals surface area contributed by atoms with E-state index >= 15 is 0 Å². The highest BCUT2D eigenvalue weighted by atomic mass is 35.5. The Labute approximate surface area is 128 Å². The van der Waals surface area contributed by atoms with Gasteiger partial charge in [-0.1, -0.05) is 23.2 Å². The molecule has 1 saturated heterocycles. The molecule has 0 aliphatic carbocycles. The van der Waals surface area contributed by atoms with E-state index in [1.807, 2.05) is 0 Å². The molecule has 1 aliphatic rings. The lowest BCUT2D eigenvalue weighted by atomic mass is 10.0. The normalized spacial score (nSPS) is 20.9. The molecule has 0 spiro atoms. The second kappa shape index (κ2) is 6.49. The Bertz CT molecular complexity index is 580. The molecule has 1 fully saturated rings. The maximum atomic E-state index is 12.3. The SMILES string of the molecule is O=S(=O)(Nc1ccc(Cl)cc1Cl)N1CCCC(CO)C1. The van der Waals surface area contributed by atoms with Crippen LogP contribution in [0.4, 0.5) is 5.69 Å². The van der Waals surface area contributed by atoms with Gasteiger partial charge in [0, 0.05) is 24.7 Å². The Hall–Kier alpha value is -0.530. The lowest BCUT2D eigenvalue weighted by molar-refractivity contribution is 0.166. The van der Waals surface area contributed by atoms with Crippen molar-refractivity contribution in [3.05, 3.63) is 28.2 Å². The summed E-state index contributed by atoms with van der Waals surface area (Å²) >= 11 is 11.7. The van der Waals surface area contributed by atoms with Crippen molar-refractivity contribution in [3.63, 3.8) is 0 Å². The van der Waals surface area contributed by atoms with E-state index in [0.29, 0.717) is 23.8 Å². The van der Waals surface area contributed by atoms with Crippen molar-refractivity contribution in [2.75, 3.05) is 24.4 Å². The van der Waals surface area contributed by atoms with Crippen LogP contribution in [0.3, 0.4) is 0 Å². The summed E-state index contributed by atoms with van der Waals surface area (Å²) in [6.07, 6.45) is 1.57. The Morgan fingerprint density at radius 2 is 2.15 bits per heavy atom. The van der Waals surface area contributed by atoms with E-state index in [-0.39, 0.29) is 17.5 Å². The topological polar surface area (TPSA) is 69.6 Å². The summed E-state index contributed by atoms with van der Waals surface area (Å²) in [5.41, 5.74) is 0.294. The van der Waals surface area contributed by atoms with Crippen molar-refractivity contribution < 1.29 is 13.5 Å². The van der Waals surface area contributed by atoms with Crippen LogP contribution in [0.5, 0.6) is 0 Å². The van der Waals surface area contributed by atoms with Gasteiger partial charge in [-0.2, -0.15) is 12.7 Å². The zero-order valence-electron chi connectivity index (χ0n) is 10.7. The minimum absolute atomic E-state index is 0.00623. The van der Waals surface area contributed by atoms with Crippen molar-refractivity contribution in [3.8, 4) is 0 Å². The summed E-state index contributed by atoms with van der Waals surface area (Å²) in [7, 11) is -3.67. The molecular formula is C12H16Cl2N2O3S. The van der Waals surface area contributed by atoms with Gasteiger partial charge in [0.05, 0.1) is 10.7 Å². The first-order valence-electron chi connectivity index (χ1n) is 6.26. The standard InChI is InChI=1S/C12H16Cl2N2O3S/c13-10-3-4-12(11(14)6-10)15-20(18,19)16-5-1-2-9(7-16)8-17/h3-4,6,9,15,17H,1-2,5,7-8H2. The van der Waals surface area contributed by atoms with Crippen LogP contribution < -0.4 is 4.72 Å². The summed E-state index contributed by atoms with van der Waals surface area (Å²) in [5, 5.41) is 9.85. The van der Waals surface area contributed by atoms with Gasteiger partial charge < -0.3 is 5.11 Å². The van der Waals surface area contributed by atoms with Crippen LogP contribution in [-0.4, -0.2) is 37.5 Å². The molecule has 5 nitrogen and oxygen atoms in total. The minimum atomic E-state index is -3.67. The first-order valence-corrected chi connectivity index (χ1v) is 8.46. The van der Waals surface area contributed by atoms with Gasteiger partial charge >= 0.3 is 10.2 Å². The molecule has 0 aromatic heterocycles. The van der Waals surface area contributed by atoms with Gasteiger partial charge in [-0.15, -0.1) is 0 Å². The predicted molar refractivity (Wildman–Crippen MR) is 80.4 cm³/mol. The zero-order valence-corrected chi connectivity index (χ0v) is 13.0. The number of anilines is 1. The van der Waals surface area contributed by atoms with Crippen LogP contribution in [0, 0.1) is 5.92 Å². The van der Waals surface area contributed by atoms with Crippen molar-refractivity contribution >= 4 is 39.1 Å². The van der Waals surface area contributed by atoms with E-state index < -0.39 is 10.2 Å². The molecule has 1 aliphatic heterocycles. The number of hydrogen-bond donors (Lipinski definition) is 2. The van der Waals surface area contributed by atoms with Crippen LogP contribution in [0.25, 0.3) is 0 Å². The minimum Gasteiger partial charge on any atom is -0.396 e. The molecule has 0 amide bonds. The Balaban J connectivity index is 2.14. The fraction of sp³-hybridized carbons (Fsp3) is 0.500. The Morgan fingerprint density at radius 3 is 2.80 bits per heavy atom. The molecule has 1 aromatic carbocycles. The number of aliphatic hydroxyl groups is 1. The average molecular weight is 339 g/mol. The molecule has 1 aromatic rings. The summed E-state index contributed by atoms with van der Waals surface area (Å²) in [5.74, 6) is -0.0129. The molecule has 0 saturated carbocycles. The second-order valence-corrected chi connectivity index (χ2v) is 7.29. The number of benzene rings is 1. The highest BCUT2D eigenvalue weighted by Crippen LogP contribution is 2.27. The first-order chi connectivity index (χ1) is 9.42.